The molecule has 0 fully saturated rings. The van der Waals surface area contributed by atoms with Gasteiger partial charge in [-0.25, -0.2) is 4.98 Å². The summed E-state index contributed by atoms with van der Waals surface area (Å²) in [5, 5.41) is 2.97. The van der Waals surface area contributed by atoms with E-state index in [2.05, 4.69) is 29.4 Å². The number of hydrogen-bond acceptors (Lipinski definition) is 3. The minimum Gasteiger partial charge on any atom is -0.490 e. The molecule has 136 valence electrons. The lowest BCUT2D eigenvalue weighted by molar-refractivity contribution is 0.102. The van der Waals surface area contributed by atoms with Crippen molar-refractivity contribution in [2.75, 3.05) is 11.9 Å². The Kier molecular flexibility index (Phi) is 5.56. The number of unbranched alkanes of at least 4 members (excludes halogenated alkanes) is 1. The summed E-state index contributed by atoms with van der Waals surface area (Å²) in [7, 11) is 0. The summed E-state index contributed by atoms with van der Waals surface area (Å²) in [5.74, 6) is 0.502. The molecule has 0 saturated heterocycles. The van der Waals surface area contributed by atoms with Crippen molar-refractivity contribution in [1.29, 1.82) is 0 Å². The molecular formula is C21H25N3O2. The Morgan fingerprint density at radius 2 is 1.96 bits per heavy atom. The SMILES string of the molecule is CCCCc1ccc(NC(=O)c2c(C)nc3c(OCC)cccn23)cc1. The van der Waals surface area contributed by atoms with E-state index in [0.717, 1.165) is 12.1 Å². The maximum atomic E-state index is 12.8. The van der Waals surface area contributed by atoms with Crippen LogP contribution in [0.2, 0.25) is 0 Å². The lowest BCUT2D eigenvalue weighted by Gasteiger charge is -2.08. The fraction of sp³-hybridized carbons (Fsp3) is 0.333. The zero-order chi connectivity index (χ0) is 18.5. The average molecular weight is 351 g/mol. The highest BCUT2D eigenvalue weighted by Gasteiger charge is 2.18. The number of pyridine rings is 1. The number of nitrogens with zero attached hydrogens (tertiary/aromatic N) is 2. The van der Waals surface area contributed by atoms with Crippen LogP contribution >= 0.6 is 0 Å². The molecule has 3 aromatic rings. The van der Waals surface area contributed by atoms with Crippen LogP contribution in [-0.4, -0.2) is 21.9 Å². The van der Waals surface area contributed by atoms with Crippen LogP contribution in [-0.2, 0) is 6.42 Å². The Balaban J connectivity index is 1.84. The predicted octanol–water partition coefficient (Wildman–Crippen LogP) is 4.64. The van der Waals surface area contributed by atoms with Crippen molar-refractivity contribution in [3.63, 3.8) is 0 Å². The fourth-order valence-electron chi connectivity index (χ4n) is 3.02. The number of aromatic nitrogens is 2. The van der Waals surface area contributed by atoms with Crippen LogP contribution < -0.4 is 10.1 Å². The van der Waals surface area contributed by atoms with E-state index in [9.17, 15) is 4.79 Å². The van der Waals surface area contributed by atoms with Gasteiger partial charge < -0.3 is 10.1 Å². The molecule has 0 unspecified atom stereocenters. The van der Waals surface area contributed by atoms with Gasteiger partial charge in [0.05, 0.1) is 12.3 Å². The number of rotatable bonds is 7. The van der Waals surface area contributed by atoms with Crippen LogP contribution in [0.15, 0.2) is 42.6 Å². The van der Waals surface area contributed by atoms with Crippen molar-refractivity contribution in [2.45, 2.75) is 40.0 Å². The van der Waals surface area contributed by atoms with Crippen molar-refractivity contribution >= 4 is 17.2 Å². The Bertz CT molecular complexity index is 898. The first kappa shape index (κ1) is 18.0. The summed E-state index contributed by atoms with van der Waals surface area (Å²) in [5.41, 5.74) is 3.93. The van der Waals surface area contributed by atoms with Crippen molar-refractivity contribution in [2.24, 2.45) is 0 Å². The van der Waals surface area contributed by atoms with Crippen LogP contribution in [0.1, 0.15) is 48.4 Å². The first-order valence-electron chi connectivity index (χ1n) is 9.14. The molecule has 0 saturated carbocycles. The summed E-state index contributed by atoms with van der Waals surface area (Å²) >= 11 is 0. The lowest BCUT2D eigenvalue weighted by Crippen LogP contribution is -2.15. The summed E-state index contributed by atoms with van der Waals surface area (Å²) in [4.78, 5) is 17.3. The number of anilines is 1. The average Bonchev–Trinajstić information content (AvgIpc) is 2.98. The van der Waals surface area contributed by atoms with Crippen molar-refractivity contribution in [3.05, 3.63) is 59.5 Å². The fourth-order valence-corrected chi connectivity index (χ4v) is 3.02. The number of aryl methyl sites for hydroxylation is 2. The molecule has 0 spiro atoms. The van der Waals surface area contributed by atoms with Gasteiger partial charge in [0.2, 0.25) is 0 Å². The van der Waals surface area contributed by atoms with Crippen LogP contribution in [0.5, 0.6) is 5.75 Å². The molecule has 0 radical (unpaired) electrons. The van der Waals surface area contributed by atoms with Gasteiger partial charge in [-0.05, 0) is 56.5 Å². The molecule has 26 heavy (non-hydrogen) atoms. The normalized spacial score (nSPS) is 10.9. The Morgan fingerprint density at radius 1 is 1.19 bits per heavy atom. The smallest absolute Gasteiger partial charge is 0.274 e. The molecule has 2 heterocycles. The van der Waals surface area contributed by atoms with Crippen LogP contribution in [0, 0.1) is 6.92 Å². The topological polar surface area (TPSA) is 55.6 Å². The Hall–Kier alpha value is -2.82. The zero-order valence-corrected chi connectivity index (χ0v) is 15.6. The zero-order valence-electron chi connectivity index (χ0n) is 15.6. The monoisotopic (exact) mass is 351 g/mol. The molecule has 0 aliphatic rings. The quantitative estimate of drug-likeness (QED) is 0.675. The van der Waals surface area contributed by atoms with Gasteiger partial charge in [0, 0.05) is 11.9 Å². The molecule has 3 rings (SSSR count). The number of carbonyl (C=O) groups is 1. The Morgan fingerprint density at radius 3 is 2.65 bits per heavy atom. The van der Waals surface area contributed by atoms with Gasteiger partial charge in [-0.1, -0.05) is 25.5 Å². The molecule has 1 N–H and O–H groups in total. The van der Waals surface area contributed by atoms with Crippen molar-refractivity contribution < 1.29 is 9.53 Å². The van der Waals surface area contributed by atoms with Gasteiger partial charge in [-0.15, -0.1) is 0 Å². The summed E-state index contributed by atoms with van der Waals surface area (Å²) in [6, 6.07) is 11.8. The molecule has 0 aliphatic heterocycles. The van der Waals surface area contributed by atoms with Gasteiger partial charge in [-0.3, -0.25) is 9.20 Å². The second-order valence-corrected chi connectivity index (χ2v) is 6.30. The van der Waals surface area contributed by atoms with E-state index < -0.39 is 0 Å². The number of fused-ring (bicyclic) bond motifs is 1. The lowest BCUT2D eigenvalue weighted by atomic mass is 10.1. The minimum atomic E-state index is -0.176. The summed E-state index contributed by atoms with van der Waals surface area (Å²) in [6.45, 7) is 6.50. The van der Waals surface area contributed by atoms with Gasteiger partial charge in [0.25, 0.3) is 5.91 Å². The third-order valence-electron chi connectivity index (χ3n) is 4.33. The maximum Gasteiger partial charge on any atom is 0.274 e. The predicted molar refractivity (Wildman–Crippen MR) is 104 cm³/mol. The van der Waals surface area contributed by atoms with Gasteiger partial charge in [-0.2, -0.15) is 0 Å². The van der Waals surface area contributed by atoms with E-state index in [1.54, 1.807) is 4.40 Å². The molecular weight excluding hydrogens is 326 g/mol. The van der Waals surface area contributed by atoms with E-state index in [1.165, 1.54) is 18.4 Å². The van der Waals surface area contributed by atoms with Crippen molar-refractivity contribution in [3.8, 4) is 5.75 Å². The Labute approximate surface area is 154 Å². The highest BCUT2D eigenvalue weighted by atomic mass is 16.5. The molecule has 1 aromatic carbocycles. The van der Waals surface area contributed by atoms with E-state index in [0.29, 0.717) is 29.4 Å². The number of benzene rings is 1. The van der Waals surface area contributed by atoms with E-state index in [4.69, 9.17) is 4.74 Å². The second kappa shape index (κ2) is 8.04. The molecule has 5 heteroatoms. The number of carbonyl (C=O) groups excluding carboxylic acids is 1. The largest absolute Gasteiger partial charge is 0.490 e. The van der Waals surface area contributed by atoms with Crippen LogP contribution in [0.25, 0.3) is 5.65 Å². The third kappa shape index (κ3) is 3.72. The number of imidazole rings is 1. The first-order valence-corrected chi connectivity index (χ1v) is 9.14. The molecule has 2 aromatic heterocycles. The van der Waals surface area contributed by atoms with Gasteiger partial charge in [0.15, 0.2) is 11.4 Å². The van der Waals surface area contributed by atoms with Crippen LogP contribution in [0.3, 0.4) is 0 Å². The van der Waals surface area contributed by atoms with Gasteiger partial charge >= 0.3 is 0 Å². The number of ether oxygens (including phenoxy) is 1. The van der Waals surface area contributed by atoms with E-state index in [-0.39, 0.29) is 5.91 Å². The molecule has 5 nitrogen and oxygen atoms in total. The second-order valence-electron chi connectivity index (χ2n) is 6.30. The number of nitrogens with one attached hydrogen (secondary N) is 1. The summed E-state index contributed by atoms with van der Waals surface area (Å²) < 4.78 is 7.40. The minimum absolute atomic E-state index is 0.176. The van der Waals surface area contributed by atoms with E-state index >= 15 is 0 Å². The van der Waals surface area contributed by atoms with Crippen LogP contribution in [0.4, 0.5) is 5.69 Å². The number of hydrogen-bond donors (Lipinski definition) is 1. The molecule has 0 bridgehead atoms. The van der Waals surface area contributed by atoms with Crippen molar-refractivity contribution in [1.82, 2.24) is 9.38 Å². The number of amides is 1. The molecule has 1 amide bonds. The first-order chi connectivity index (χ1) is 12.6. The van der Waals surface area contributed by atoms with E-state index in [1.807, 2.05) is 44.3 Å². The highest BCUT2D eigenvalue weighted by molar-refractivity contribution is 6.04. The molecule has 0 aliphatic carbocycles. The standard InChI is InChI=1S/C21H25N3O2/c1-4-6-8-16-10-12-17(13-11-16)23-21(25)19-15(3)22-20-18(26-5-2)9-7-14-24(19)20/h7,9-14H,4-6,8H2,1-3H3,(H,23,25). The van der Waals surface area contributed by atoms with Gasteiger partial charge in [0.1, 0.15) is 5.69 Å². The third-order valence-corrected chi connectivity index (χ3v) is 4.33. The molecule has 0 atom stereocenters. The highest BCUT2D eigenvalue weighted by Crippen LogP contribution is 2.23. The summed E-state index contributed by atoms with van der Waals surface area (Å²) in [6.07, 6.45) is 5.25. The maximum absolute atomic E-state index is 12.8.